The molecule has 1 unspecified atom stereocenters. The Morgan fingerprint density at radius 3 is 2.00 bits per heavy atom. The summed E-state index contributed by atoms with van der Waals surface area (Å²) in [6, 6.07) is 10.1. The van der Waals surface area contributed by atoms with E-state index in [0.29, 0.717) is 18.0 Å². The summed E-state index contributed by atoms with van der Waals surface area (Å²) >= 11 is 0. The molecule has 2 nitrogen and oxygen atoms in total. The van der Waals surface area contributed by atoms with Crippen LogP contribution in [-0.4, -0.2) is 31.1 Å². The van der Waals surface area contributed by atoms with Gasteiger partial charge in [-0.15, -0.1) is 0 Å². The third-order valence-corrected chi connectivity index (χ3v) is 4.37. The average Bonchev–Trinajstić information content (AvgIpc) is 2.46. The zero-order chi connectivity index (χ0) is 15.8. The van der Waals surface area contributed by atoms with Crippen LogP contribution in [0.4, 0.5) is 0 Å². The fraction of sp³-hybridized carbons (Fsp3) is 0.684. The van der Waals surface area contributed by atoms with Gasteiger partial charge in [-0.05, 0) is 70.8 Å². The van der Waals surface area contributed by atoms with Gasteiger partial charge in [0.15, 0.2) is 0 Å². The summed E-state index contributed by atoms with van der Waals surface area (Å²) < 4.78 is 0. The Bertz CT molecular complexity index is 381. The zero-order valence-corrected chi connectivity index (χ0v) is 14.8. The van der Waals surface area contributed by atoms with E-state index in [-0.39, 0.29) is 0 Å². The van der Waals surface area contributed by atoms with Crippen molar-refractivity contribution in [2.75, 3.05) is 20.1 Å². The Kier molecular flexibility index (Phi) is 7.98. The SMILES string of the molecule is CC(C)c1ccc(C(C)NCCCCN(C)C(C)C)cc1. The van der Waals surface area contributed by atoms with Gasteiger partial charge < -0.3 is 10.2 Å². The van der Waals surface area contributed by atoms with Crippen molar-refractivity contribution in [1.29, 1.82) is 0 Å². The van der Waals surface area contributed by atoms with Crippen LogP contribution in [0.3, 0.4) is 0 Å². The lowest BCUT2D eigenvalue weighted by Crippen LogP contribution is -2.28. The van der Waals surface area contributed by atoms with Gasteiger partial charge in [0.05, 0.1) is 0 Å². The molecule has 0 saturated carbocycles. The minimum atomic E-state index is 0.439. The molecule has 0 aliphatic rings. The van der Waals surface area contributed by atoms with Crippen LogP contribution < -0.4 is 5.32 Å². The van der Waals surface area contributed by atoms with Crippen molar-refractivity contribution in [2.24, 2.45) is 0 Å². The molecule has 0 fully saturated rings. The van der Waals surface area contributed by atoms with Crippen molar-refractivity contribution >= 4 is 0 Å². The molecule has 0 saturated heterocycles. The molecule has 120 valence electrons. The molecule has 0 aliphatic heterocycles. The van der Waals surface area contributed by atoms with Crippen LogP contribution in [0.25, 0.3) is 0 Å². The van der Waals surface area contributed by atoms with Crippen molar-refractivity contribution in [3.8, 4) is 0 Å². The van der Waals surface area contributed by atoms with Crippen LogP contribution in [0.5, 0.6) is 0 Å². The monoisotopic (exact) mass is 290 g/mol. The summed E-state index contributed by atoms with van der Waals surface area (Å²) in [5.41, 5.74) is 2.81. The van der Waals surface area contributed by atoms with Crippen LogP contribution in [-0.2, 0) is 0 Å². The van der Waals surface area contributed by atoms with E-state index in [1.54, 1.807) is 0 Å². The number of unbranched alkanes of at least 4 members (excludes halogenated alkanes) is 1. The molecule has 1 rings (SSSR count). The van der Waals surface area contributed by atoms with Gasteiger partial charge in [-0.3, -0.25) is 0 Å². The minimum Gasteiger partial charge on any atom is -0.310 e. The lowest BCUT2D eigenvalue weighted by Gasteiger charge is -2.21. The number of rotatable bonds is 9. The first-order valence-corrected chi connectivity index (χ1v) is 8.45. The molecule has 1 aromatic carbocycles. The first-order chi connectivity index (χ1) is 9.91. The number of hydrogen-bond donors (Lipinski definition) is 1. The normalized spacial score (nSPS) is 13.4. The van der Waals surface area contributed by atoms with Crippen molar-refractivity contribution in [3.63, 3.8) is 0 Å². The predicted octanol–water partition coefficient (Wildman–Crippen LogP) is 4.58. The van der Waals surface area contributed by atoms with E-state index in [1.165, 1.54) is 30.5 Å². The molecule has 2 heteroatoms. The van der Waals surface area contributed by atoms with E-state index in [9.17, 15) is 0 Å². The molecular formula is C19H34N2. The maximum Gasteiger partial charge on any atom is 0.0291 e. The highest BCUT2D eigenvalue weighted by Crippen LogP contribution is 2.18. The van der Waals surface area contributed by atoms with Gasteiger partial charge in [0.25, 0.3) is 0 Å². The fourth-order valence-corrected chi connectivity index (χ4v) is 2.35. The lowest BCUT2D eigenvalue weighted by molar-refractivity contribution is 0.267. The number of hydrogen-bond acceptors (Lipinski definition) is 2. The molecule has 1 atom stereocenters. The predicted molar refractivity (Wildman–Crippen MR) is 93.9 cm³/mol. The van der Waals surface area contributed by atoms with E-state index >= 15 is 0 Å². The Morgan fingerprint density at radius 1 is 0.905 bits per heavy atom. The molecule has 1 N–H and O–H groups in total. The van der Waals surface area contributed by atoms with Crippen LogP contribution in [0.2, 0.25) is 0 Å². The molecule has 1 aromatic rings. The molecule has 0 bridgehead atoms. The molecule has 0 aliphatic carbocycles. The van der Waals surface area contributed by atoms with Gasteiger partial charge in [0.2, 0.25) is 0 Å². The summed E-state index contributed by atoms with van der Waals surface area (Å²) in [7, 11) is 2.21. The minimum absolute atomic E-state index is 0.439. The Labute approximate surface area is 131 Å². The van der Waals surface area contributed by atoms with Crippen LogP contribution in [0, 0.1) is 0 Å². The molecule has 0 heterocycles. The van der Waals surface area contributed by atoms with Gasteiger partial charge >= 0.3 is 0 Å². The van der Waals surface area contributed by atoms with Crippen molar-refractivity contribution in [3.05, 3.63) is 35.4 Å². The van der Waals surface area contributed by atoms with E-state index < -0.39 is 0 Å². The Balaban J connectivity index is 2.26. The number of nitrogens with zero attached hydrogens (tertiary/aromatic N) is 1. The van der Waals surface area contributed by atoms with E-state index in [4.69, 9.17) is 0 Å². The first-order valence-electron chi connectivity index (χ1n) is 8.45. The molecule has 21 heavy (non-hydrogen) atoms. The van der Waals surface area contributed by atoms with Gasteiger partial charge in [-0.2, -0.15) is 0 Å². The molecule has 0 radical (unpaired) electrons. The highest BCUT2D eigenvalue weighted by molar-refractivity contribution is 5.26. The lowest BCUT2D eigenvalue weighted by atomic mass is 9.99. The van der Waals surface area contributed by atoms with E-state index in [2.05, 4.69) is 76.1 Å². The molecule has 0 spiro atoms. The van der Waals surface area contributed by atoms with Gasteiger partial charge in [-0.25, -0.2) is 0 Å². The molecule has 0 amide bonds. The molecular weight excluding hydrogens is 256 g/mol. The second kappa shape index (κ2) is 9.22. The highest BCUT2D eigenvalue weighted by atomic mass is 15.1. The standard InChI is InChI=1S/C19H34N2/c1-15(2)18-9-11-19(12-10-18)17(5)20-13-7-8-14-21(6)16(3)4/h9-12,15-17,20H,7-8,13-14H2,1-6H3. The highest BCUT2D eigenvalue weighted by Gasteiger charge is 2.06. The summed E-state index contributed by atoms with van der Waals surface area (Å²) in [4.78, 5) is 2.41. The van der Waals surface area contributed by atoms with Crippen molar-refractivity contribution < 1.29 is 0 Å². The van der Waals surface area contributed by atoms with Crippen LogP contribution in [0.15, 0.2) is 24.3 Å². The topological polar surface area (TPSA) is 15.3 Å². The average molecular weight is 290 g/mol. The smallest absolute Gasteiger partial charge is 0.0291 e. The summed E-state index contributed by atoms with van der Waals surface area (Å²) in [6.45, 7) is 13.5. The largest absolute Gasteiger partial charge is 0.310 e. The Hall–Kier alpha value is -0.860. The maximum atomic E-state index is 3.63. The van der Waals surface area contributed by atoms with E-state index in [0.717, 1.165) is 6.54 Å². The second-order valence-electron chi connectivity index (χ2n) is 6.78. The van der Waals surface area contributed by atoms with Gasteiger partial charge in [0.1, 0.15) is 0 Å². The fourth-order valence-electron chi connectivity index (χ4n) is 2.35. The third kappa shape index (κ3) is 6.62. The zero-order valence-electron chi connectivity index (χ0n) is 14.8. The van der Waals surface area contributed by atoms with Gasteiger partial charge in [-0.1, -0.05) is 38.1 Å². The number of benzene rings is 1. The van der Waals surface area contributed by atoms with E-state index in [1.807, 2.05) is 0 Å². The molecule has 0 aromatic heterocycles. The maximum absolute atomic E-state index is 3.63. The Morgan fingerprint density at radius 2 is 1.48 bits per heavy atom. The van der Waals surface area contributed by atoms with Crippen LogP contribution in [0.1, 0.15) is 70.5 Å². The summed E-state index contributed by atoms with van der Waals surface area (Å²) in [5, 5.41) is 3.63. The number of nitrogens with one attached hydrogen (secondary N) is 1. The van der Waals surface area contributed by atoms with Crippen LogP contribution >= 0.6 is 0 Å². The second-order valence-corrected chi connectivity index (χ2v) is 6.78. The quantitative estimate of drug-likeness (QED) is 0.670. The van der Waals surface area contributed by atoms with Crippen molar-refractivity contribution in [1.82, 2.24) is 10.2 Å². The first kappa shape index (κ1) is 18.2. The third-order valence-electron chi connectivity index (χ3n) is 4.37. The van der Waals surface area contributed by atoms with Crippen molar-refractivity contribution in [2.45, 2.75) is 65.5 Å². The summed E-state index contributed by atoms with van der Waals surface area (Å²) in [6.07, 6.45) is 2.51. The van der Waals surface area contributed by atoms with Gasteiger partial charge in [0, 0.05) is 12.1 Å². The summed E-state index contributed by atoms with van der Waals surface area (Å²) in [5.74, 6) is 0.611.